The van der Waals surface area contributed by atoms with Gasteiger partial charge >= 0.3 is 0 Å². The Labute approximate surface area is 109 Å². The average molecular weight is 260 g/mol. The molecule has 98 valence electrons. The van der Waals surface area contributed by atoms with Gasteiger partial charge < -0.3 is 16.2 Å². The fourth-order valence-electron chi connectivity index (χ4n) is 1.71. The Hall–Kier alpha value is -2.40. The second-order valence-corrected chi connectivity index (χ2v) is 4.00. The third kappa shape index (κ3) is 2.89. The molecule has 0 atom stereocenters. The standard InChI is InChI=1S/C14H13FN2O2/c15-10-5-6-11(12(16)7-10)14(19)17-13-4-2-1-3-9(13)8-18/h1-7,18H,8,16H2,(H,17,19). The van der Waals surface area contributed by atoms with Gasteiger partial charge in [-0.3, -0.25) is 4.79 Å². The zero-order valence-corrected chi connectivity index (χ0v) is 10.1. The van der Waals surface area contributed by atoms with Crippen molar-refractivity contribution in [1.29, 1.82) is 0 Å². The van der Waals surface area contributed by atoms with Gasteiger partial charge in [-0.05, 0) is 24.3 Å². The maximum absolute atomic E-state index is 12.9. The van der Waals surface area contributed by atoms with E-state index >= 15 is 0 Å². The summed E-state index contributed by atoms with van der Waals surface area (Å²) in [7, 11) is 0. The van der Waals surface area contributed by atoms with Crippen molar-refractivity contribution in [1.82, 2.24) is 0 Å². The van der Waals surface area contributed by atoms with Gasteiger partial charge in [0.25, 0.3) is 5.91 Å². The molecule has 0 fully saturated rings. The van der Waals surface area contributed by atoms with E-state index in [1.807, 2.05) is 0 Å². The molecule has 1 amide bonds. The summed E-state index contributed by atoms with van der Waals surface area (Å²) in [6, 6.07) is 10.4. The Bertz CT molecular complexity index is 614. The van der Waals surface area contributed by atoms with Crippen molar-refractivity contribution in [2.24, 2.45) is 0 Å². The van der Waals surface area contributed by atoms with Crippen LogP contribution in [0.1, 0.15) is 15.9 Å². The molecule has 0 bridgehead atoms. The van der Waals surface area contributed by atoms with Gasteiger partial charge in [-0.15, -0.1) is 0 Å². The lowest BCUT2D eigenvalue weighted by atomic mass is 10.1. The van der Waals surface area contributed by atoms with E-state index in [-0.39, 0.29) is 17.9 Å². The Kier molecular flexibility index (Phi) is 3.77. The van der Waals surface area contributed by atoms with Crippen molar-refractivity contribution in [3.8, 4) is 0 Å². The number of carbonyl (C=O) groups excluding carboxylic acids is 1. The average Bonchev–Trinajstić information content (AvgIpc) is 2.39. The monoisotopic (exact) mass is 260 g/mol. The number of aliphatic hydroxyl groups excluding tert-OH is 1. The number of para-hydroxylation sites is 1. The number of amides is 1. The predicted molar refractivity (Wildman–Crippen MR) is 71.1 cm³/mol. The van der Waals surface area contributed by atoms with E-state index in [0.29, 0.717) is 11.3 Å². The van der Waals surface area contributed by atoms with Crippen LogP contribution in [0.25, 0.3) is 0 Å². The van der Waals surface area contributed by atoms with Crippen LogP contribution in [0.3, 0.4) is 0 Å². The van der Waals surface area contributed by atoms with Crippen LogP contribution < -0.4 is 11.1 Å². The SMILES string of the molecule is Nc1cc(F)ccc1C(=O)Nc1ccccc1CO. The second kappa shape index (κ2) is 5.49. The van der Waals surface area contributed by atoms with Crippen molar-refractivity contribution in [3.63, 3.8) is 0 Å². The van der Waals surface area contributed by atoms with Gasteiger partial charge in [0.1, 0.15) is 5.82 Å². The lowest BCUT2D eigenvalue weighted by Gasteiger charge is -2.10. The molecule has 0 saturated carbocycles. The van der Waals surface area contributed by atoms with E-state index in [1.54, 1.807) is 24.3 Å². The molecule has 4 N–H and O–H groups in total. The topological polar surface area (TPSA) is 75.4 Å². The summed E-state index contributed by atoms with van der Waals surface area (Å²) in [5.74, 6) is -0.941. The number of nitrogens with one attached hydrogen (secondary N) is 1. The van der Waals surface area contributed by atoms with Crippen LogP contribution in [0, 0.1) is 5.82 Å². The first-order valence-electron chi connectivity index (χ1n) is 5.67. The van der Waals surface area contributed by atoms with Crippen LogP contribution in [-0.2, 0) is 6.61 Å². The fraction of sp³-hybridized carbons (Fsp3) is 0.0714. The highest BCUT2D eigenvalue weighted by Gasteiger charge is 2.12. The normalized spacial score (nSPS) is 10.2. The van der Waals surface area contributed by atoms with Crippen molar-refractivity contribution >= 4 is 17.3 Å². The minimum atomic E-state index is -0.496. The van der Waals surface area contributed by atoms with Crippen molar-refractivity contribution in [2.45, 2.75) is 6.61 Å². The highest BCUT2D eigenvalue weighted by Crippen LogP contribution is 2.19. The van der Waals surface area contributed by atoms with E-state index in [0.717, 1.165) is 6.07 Å². The largest absolute Gasteiger partial charge is 0.398 e. The summed E-state index contributed by atoms with van der Waals surface area (Å²) < 4.78 is 12.9. The summed E-state index contributed by atoms with van der Waals surface area (Å²) in [5, 5.41) is 11.8. The quantitative estimate of drug-likeness (QED) is 0.740. The van der Waals surface area contributed by atoms with Crippen LogP contribution in [0.5, 0.6) is 0 Å². The van der Waals surface area contributed by atoms with E-state index in [9.17, 15) is 9.18 Å². The molecule has 0 aliphatic rings. The van der Waals surface area contributed by atoms with Gasteiger partial charge in [-0.25, -0.2) is 4.39 Å². The minimum Gasteiger partial charge on any atom is -0.398 e. The Morgan fingerprint density at radius 3 is 2.68 bits per heavy atom. The van der Waals surface area contributed by atoms with Gasteiger partial charge in [0.2, 0.25) is 0 Å². The van der Waals surface area contributed by atoms with Crippen molar-refractivity contribution < 1.29 is 14.3 Å². The molecule has 4 nitrogen and oxygen atoms in total. The van der Waals surface area contributed by atoms with Crippen LogP contribution >= 0.6 is 0 Å². The van der Waals surface area contributed by atoms with Crippen LogP contribution in [0.15, 0.2) is 42.5 Å². The highest BCUT2D eigenvalue weighted by molar-refractivity contribution is 6.08. The summed E-state index contributed by atoms with van der Waals surface area (Å²) >= 11 is 0. The Balaban J connectivity index is 2.26. The number of rotatable bonds is 3. The summed E-state index contributed by atoms with van der Waals surface area (Å²) in [4.78, 5) is 12.0. The zero-order valence-electron chi connectivity index (χ0n) is 10.1. The van der Waals surface area contributed by atoms with Crippen LogP contribution in [0.4, 0.5) is 15.8 Å². The first-order valence-corrected chi connectivity index (χ1v) is 5.67. The molecule has 0 unspecified atom stereocenters. The molecule has 0 aliphatic carbocycles. The minimum absolute atomic E-state index is 0.0685. The summed E-state index contributed by atoms with van der Waals surface area (Å²) in [6.45, 7) is -0.185. The third-order valence-corrected chi connectivity index (χ3v) is 2.69. The molecule has 2 aromatic carbocycles. The molecule has 5 heteroatoms. The smallest absolute Gasteiger partial charge is 0.257 e. The molecule has 19 heavy (non-hydrogen) atoms. The Morgan fingerprint density at radius 2 is 2.00 bits per heavy atom. The zero-order chi connectivity index (χ0) is 13.8. The van der Waals surface area contributed by atoms with Crippen molar-refractivity contribution in [2.75, 3.05) is 11.1 Å². The molecule has 0 aliphatic heterocycles. The molecular weight excluding hydrogens is 247 g/mol. The first kappa shape index (κ1) is 13.0. The molecule has 0 spiro atoms. The highest BCUT2D eigenvalue weighted by atomic mass is 19.1. The lowest BCUT2D eigenvalue weighted by Crippen LogP contribution is -2.15. The number of anilines is 2. The fourth-order valence-corrected chi connectivity index (χ4v) is 1.71. The van der Waals surface area contributed by atoms with Gasteiger partial charge in [0.05, 0.1) is 12.2 Å². The lowest BCUT2D eigenvalue weighted by molar-refractivity contribution is 0.102. The number of hydrogen-bond donors (Lipinski definition) is 3. The van der Waals surface area contributed by atoms with Gasteiger partial charge in [0.15, 0.2) is 0 Å². The maximum atomic E-state index is 12.9. The van der Waals surface area contributed by atoms with E-state index in [1.165, 1.54) is 12.1 Å². The van der Waals surface area contributed by atoms with Gasteiger partial charge in [-0.1, -0.05) is 18.2 Å². The number of hydrogen-bond acceptors (Lipinski definition) is 3. The maximum Gasteiger partial charge on any atom is 0.257 e. The molecule has 0 saturated heterocycles. The number of carbonyl (C=O) groups is 1. The number of nitrogens with two attached hydrogens (primary N) is 1. The van der Waals surface area contributed by atoms with Gasteiger partial charge in [0, 0.05) is 16.9 Å². The van der Waals surface area contributed by atoms with E-state index in [4.69, 9.17) is 10.8 Å². The number of nitrogen functional groups attached to an aromatic ring is 1. The second-order valence-electron chi connectivity index (χ2n) is 4.00. The molecular formula is C14H13FN2O2. The van der Waals surface area contributed by atoms with Crippen LogP contribution in [-0.4, -0.2) is 11.0 Å². The molecule has 2 aromatic rings. The number of aliphatic hydroxyl groups is 1. The van der Waals surface area contributed by atoms with E-state index in [2.05, 4.69) is 5.32 Å². The number of benzene rings is 2. The Morgan fingerprint density at radius 1 is 1.26 bits per heavy atom. The van der Waals surface area contributed by atoms with E-state index < -0.39 is 11.7 Å². The van der Waals surface area contributed by atoms with Crippen LogP contribution in [0.2, 0.25) is 0 Å². The summed E-state index contributed by atoms with van der Waals surface area (Å²) in [6.07, 6.45) is 0. The molecule has 0 radical (unpaired) electrons. The van der Waals surface area contributed by atoms with Gasteiger partial charge in [-0.2, -0.15) is 0 Å². The van der Waals surface area contributed by atoms with Crippen molar-refractivity contribution in [3.05, 3.63) is 59.4 Å². The number of halogens is 1. The summed E-state index contributed by atoms with van der Waals surface area (Å²) in [5.41, 5.74) is 6.95. The third-order valence-electron chi connectivity index (χ3n) is 2.69. The molecule has 2 rings (SSSR count). The first-order chi connectivity index (χ1) is 9.11. The predicted octanol–water partition coefficient (Wildman–Crippen LogP) is 2.15. The molecule has 0 aromatic heterocycles. The molecule has 0 heterocycles.